The summed E-state index contributed by atoms with van der Waals surface area (Å²) in [5.41, 5.74) is 0. The Morgan fingerprint density at radius 1 is 1.59 bits per heavy atom. The van der Waals surface area contributed by atoms with Crippen molar-refractivity contribution in [3.05, 3.63) is 12.0 Å². The van der Waals surface area contributed by atoms with E-state index in [0.29, 0.717) is 18.2 Å². The number of nitrogens with zero attached hydrogens (tertiary/aromatic N) is 2. The Balaban J connectivity index is 2.22. The first kappa shape index (κ1) is 12.6. The largest absolute Gasteiger partial charge is 0.332 e. The van der Waals surface area contributed by atoms with Gasteiger partial charge in [-0.25, -0.2) is 13.4 Å². The van der Waals surface area contributed by atoms with Crippen molar-refractivity contribution in [1.29, 1.82) is 0 Å². The van der Waals surface area contributed by atoms with Crippen LogP contribution in [0, 0.1) is 5.92 Å². The summed E-state index contributed by atoms with van der Waals surface area (Å²) < 4.78 is 26.0. The molecule has 1 aromatic heterocycles. The lowest BCUT2D eigenvalue weighted by atomic mass is 10.2. The quantitative estimate of drug-likeness (QED) is 0.867. The van der Waals surface area contributed by atoms with Crippen LogP contribution in [0.2, 0.25) is 0 Å². The predicted molar refractivity (Wildman–Crippen MR) is 65.1 cm³/mol. The van der Waals surface area contributed by atoms with Crippen LogP contribution in [0.1, 0.15) is 32.5 Å². The Kier molecular flexibility index (Phi) is 3.27. The van der Waals surface area contributed by atoms with Gasteiger partial charge in [-0.05, 0) is 25.7 Å². The number of rotatable bonds is 5. The van der Waals surface area contributed by atoms with E-state index in [1.54, 1.807) is 7.05 Å². The van der Waals surface area contributed by atoms with E-state index in [2.05, 4.69) is 9.97 Å². The summed E-state index contributed by atoms with van der Waals surface area (Å²) in [5, 5.41) is 0.198. The van der Waals surface area contributed by atoms with Crippen LogP contribution < -0.4 is 0 Å². The molecule has 0 aliphatic heterocycles. The summed E-state index contributed by atoms with van der Waals surface area (Å²) in [7, 11) is -1.77. The van der Waals surface area contributed by atoms with Crippen LogP contribution in [0.15, 0.2) is 11.2 Å². The molecule has 0 saturated heterocycles. The van der Waals surface area contributed by atoms with Crippen molar-refractivity contribution in [2.45, 2.75) is 44.2 Å². The molecule has 0 amide bonds. The standard InChI is InChI=1S/C11H19N3O2S/c1-4-10-12-7-11(13-10)17(15,16)14(3)8(2)9-5-6-9/h7-9H,4-6H2,1-3H3,(H,12,13). The lowest BCUT2D eigenvalue weighted by Crippen LogP contribution is -2.36. The first-order chi connectivity index (χ1) is 7.96. The lowest BCUT2D eigenvalue weighted by molar-refractivity contribution is 0.356. The highest BCUT2D eigenvalue weighted by Gasteiger charge is 2.36. The van der Waals surface area contributed by atoms with Crippen LogP contribution in [-0.4, -0.2) is 35.8 Å². The van der Waals surface area contributed by atoms with E-state index < -0.39 is 10.0 Å². The highest BCUT2D eigenvalue weighted by atomic mass is 32.2. The van der Waals surface area contributed by atoms with Gasteiger partial charge in [0.15, 0.2) is 5.03 Å². The highest BCUT2D eigenvalue weighted by Crippen LogP contribution is 2.36. The lowest BCUT2D eigenvalue weighted by Gasteiger charge is -2.23. The second-order valence-electron chi connectivity index (χ2n) is 4.65. The van der Waals surface area contributed by atoms with Gasteiger partial charge < -0.3 is 4.98 Å². The zero-order chi connectivity index (χ0) is 12.6. The molecule has 6 heteroatoms. The van der Waals surface area contributed by atoms with Gasteiger partial charge in [-0.1, -0.05) is 6.92 Å². The van der Waals surface area contributed by atoms with E-state index in [-0.39, 0.29) is 11.1 Å². The van der Waals surface area contributed by atoms with Crippen molar-refractivity contribution in [3.8, 4) is 0 Å². The van der Waals surface area contributed by atoms with Gasteiger partial charge in [0.05, 0.1) is 6.20 Å². The molecule has 1 saturated carbocycles. The summed E-state index contributed by atoms with van der Waals surface area (Å²) in [6.07, 6.45) is 4.37. The number of imidazole rings is 1. The summed E-state index contributed by atoms with van der Waals surface area (Å²) in [6, 6.07) is 0.0633. The van der Waals surface area contributed by atoms with Crippen molar-refractivity contribution in [2.75, 3.05) is 7.05 Å². The molecule has 1 aliphatic carbocycles. The van der Waals surface area contributed by atoms with Crippen LogP contribution in [0.3, 0.4) is 0 Å². The van der Waals surface area contributed by atoms with Crippen molar-refractivity contribution in [3.63, 3.8) is 0 Å². The fourth-order valence-corrected chi connectivity index (χ4v) is 3.26. The van der Waals surface area contributed by atoms with Crippen LogP contribution in [0.4, 0.5) is 0 Å². The Labute approximate surface area is 102 Å². The van der Waals surface area contributed by atoms with E-state index in [1.165, 1.54) is 10.5 Å². The topological polar surface area (TPSA) is 66.1 Å². The van der Waals surface area contributed by atoms with Gasteiger partial charge in [-0.15, -0.1) is 0 Å². The second-order valence-corrected chi connectivity index (χ2v) is 6.61. The van der Waals surface area contributed by atoms with E-state index in [1.807, 2.05) is 13.8 Å². The van der Waals surface area contributed by atoms with E-state index >= 15 is 0 Å². The Hall–Kier alpha value is -0.880. The Morgan fingerprint density at radius 3 is 2.71 bits per heavy atom. The maximum atomic E-state index is 12.3. The molecule has 0 radical (unpaired) electrons. The van der Waals surface area contributed by atoms with Gasteiger partial charge in [-0.2, -0.15) is 4.31 Å². The zero-order valence-corrected chi connectivity index (χ0v) is 11.3. The average Bonchev–Trinajstić information content (AvgIpc) is 3.04. The number of aromatic nitrogens is 2. The molecule has 0 spiro atoms. The number of sulfonamides is 1. The fraction of sp³-hybridized carbons (Fsp3) is 0.727. The fourth-order valence-electron chi connectivity index (χ4n) is 1.90. The van der Waals surface area contributed by atoms with Gasteiger partial charge in [0.2, 0.25) is 0 Å². The third-order valence-corrected chi connectivity index (χ3v) is 5.33. The summed E-state index contributed by atoms with van der Waals surface area (Å²) in [5.74, 6) is 1.22. The molecule has 5 nitrogen and oxygen atoms in total. The van der Waals surface area contributed by atoms with Crippen LogP contribution >= 0.6 is 0 Å². The average molecular weight is 257 g/mol. The molecular weight excluding hydrogens is 238 g/mol. The minimum atomic E-state index is -3.42. The van der Waals surface area contributed by atoms with Crippen molar-refractivity contribution < 1.29 is 8.42 Å². The molecule has 1 aliphatic rings. The van der Waals surface area contributed by atoms with Crippen LogP contribution in [0.5, 0.6) is 0 Å². The van der Waals surface area contributed by atoms with E-state index in [9.17, 15) is 8.42 Å². The molecule has 96 valence electrons. The Bertz CT molecular complexity index is 491. The van der Waals surface area contributed by atoms with Crippen LogP contribution in [-0.2, 0) is 16.4 Å². The number of hydrogen-bond donors (Lipinski definition) is 1. The predicted octanol–water partition coefficient (Wildman–Crippen LogP) is 1.39. The van der Waals surface area contributed by atoms with Gasteiger partial charge >= 0.3 is 0 Å². The molecule has 0 aromatic carbocycles. The Morgan fingerprint density at radius 2 is 2.24 bits per heavy atom. The van der Waals surface area contributed by atoms with E-state index in [0.717, 1.165) is 12.8 Å². The first-order valence-electron chi connectivity index (χ1n) is 5.98. The number of aromatic amines is 1. The number of hydrogen-bond acceptors (Lipinski definition) is 3. The molecule has 2 rings (SSSR count). The molecule has 1 fully saturated rings. The molecule has 1 atom stereocenters. The van der Waals surface area contributed by atoms with E-state index in [4.69, 9.17) is 0 Å². The van der Waals surface area contributed by atoms with Gasteiger partial charge in [0.1, 0.15) is 5.82 Å². The van der Waals surface area contributed by atoms with Crippen molar-refractivity contribution in [1.82, 2.24) is 14.3 Å². The van der Waals surface area contributed by atoms with Gasteiger partial charge in [-0.3, -0.25) is 0 Å². The first-order valence-corrected chi connectivity index (χ1v) is 7.42. The highest BCUT2D eigenvalue weighted by molar-refractivity contribution is 7.89. The third-order valence-electron chi connectivity index (χ3n) is 3.47. The normalized spacial score (nSPS) is 18.6. The van der Waals surface area contributed by atoms with Crippen molar-refractivity contribution >= 4 is 10.0 Å². The maximum absolute atomic E-state index is 12.3. The molecule has 1 aromatic rings. The second kappa shape index (κ2) is 4.42. The SMILES string of the molecule is CCc1ncc(S(=O)(=O)N(C)C(C)C2CC2)[nH]1. The molecular formula is C11H19N3O2S. The zero-order valence-electron chi connectivity index (χ0n) is 10.5. The monoisotopic (exact) mass is 257 g/mol. The third kappa shape index (κ3) is 2.37. The summed E-state index contributed by atoms with van der Waals surface area (Å²) in [4.78, 5) is 6.90. The summed E-state index contributed by atoms with van der Waals surface area (Å²) in [6.45, 7) is 3.90. The van der Waals surface area contributed by atoms with Crippen molar-refractivity contribution in [2.24, 2.45) is 5.92 Å². The van der Waals surface area contributed by atoms with Gasteiger partial charge in [0, 0.05) is 19.5 Å². The number of H-pyrrole nitrogens is 1. The van der Waals surface area contributed by atoms with Crippen LogP contribution in [0.25, 0.3) is 0 Å². The number of aryl methyl sites for hydroxylation is 1. The minimum Gasteiger partial charge on any atom is -0.332 e. The van der Waals surface area contributed by atoms with Gasteiger partial charge in [0.25, 0.3) is 10.0 Å². The molecule has 1 unspecified atom stereocenters. The maximum Gasteiger partial charge on any atom is 0.260 e. The molecule has 17 heavy (non-hydrogen) atoms. The summed E-state index contributed by atoms with van der Waals surface area (Å²) >= 11 is 0. The molecule has 1 heterocycles. The molecule has 0 bridgehead atoms. The smallest absolute Gasteiger partial charge is 0.260 e. The molecule has 1 N–H and O–H groups in total. The number of nitrogens with one attached hydrogen (secondary N) is 1. The minimum absolute atomic E-state index is 0.0633.